The second-order valence-corrected chi connectivity index (χ2v) is 5.08. The fourth-order valence-corrected chi connectivity index (χ4v) is 2.65. The molecule has 1 aliphatic rings. The van der Waals surface area contributed by atoms with Gasteiger partial charge in [-0.15, -0.1) is 0 Å². The second kappa shape index (κ2) is 6.61. The standard InChI is InChI=1S/C15H20F2O3/c1-2-20-15(5-7-19-8-6-15)14(18)10-11-3-4-12(16)13(17)9-11/h3-4,9,14,18H,2,5-8,10H2,1H3. The predicted molar refractivity (Wildman–Crippen MR) is 70.5 cm³/mol. The molecule has 1 aliphatic heterocycles. The van der Waals surface area contributed by atoms with Crippen molar-refractivity contribution in [3.8, 4) is 0 Å². The lowest BCUT2D eigenvalue weighted by Gasteiger charge is -2.40. The first kappa shape index (κ1) is 15.4. The minimum atomic E-state index is -0.896. The fraction of sp³-hybridized carbons (Fsp3) is 0.600. The van der Waals surface area contributed by atoms with Gasteiger partial charge < -0.3 is 14.6 Å². The smallest absolute Gasteiger partial charge is 0.159 e. The van der Waals surface area contributed by atoms with Crippen molar-refractivity contribution in [2.75, 3.05) is 19.8 Å². The van der Waals surface area contributed by atoms with Gasteiger partial charge in [-0.05, 0) is 24.6 Å². The van der Waals surface area contributed by atoms with Gasteiger partial charge in [0.2, 0.25) is 0 Å². The van der Waals surface area contributed by atoms with Gasteiger partial charge in [0.25, 0.3) is 0 Å². The van der Waals surface area contributed by atoms with Crippen LogP contribution in [-0.4, -0.2) is 36.6 Å². The maximum Gasteiger partial charge on any atom is 0.159 e. The molecule has 0 amide bonds. The number of ether oxygens (including phenoxy) is 2. The van der Waals surface area contributed by atoms with E-state index in [2.05, 4.69) is 0 Å². The van der Waals surface area contributed by atoms with Crippen LogP contribution in [0.3, 0.4) is 0 Å². The van der Waals surface area contributed by atoms with Crippen LogP contribution in [-0.2, 0) is 15.9 Å². The summed E-state index contributed by atoms with van der Waals surface area (Å²) in [6.45, 7) is 3.44. The molecule has 0 aliphatic carbocycles. The zero-order valence-electron chi connectivity index (χ0n) is 11.6. The van der Waals surface area contributed by atoms with Crippen LogP contribution in [0.1, 0.15) is 25.3 Å². The summed E-state index contributed by atoms with van der Waals surface area (Å²) in [6, 6.07) is 3.69. The highest BCUT2D eigenvalue weighted by Gasteiger charge is 2.40. The highest BCUT2D eigenvalue weighted by atomic mass is 19.2. The predicted octanol–water partition coefficient (Wildman–Crippen LogP) is 2.45. The number of halogens is 2. The largest absolute Gasteiger partial charge is 0.390 e. The quantitative estimate of drug-likeness (QED) is 0.903. The molecule has 0 saturated carbocycles. The minimum absolute atomic E-state index is 0.233. The van der Waals surface area contributed by atoms with Gasteiger partial charge in [0.15, 0.2) is 11.6 Å². The van der Waals surface area contributed by atoms with E-state index in [-0.39, 0.29) is 6.42 Å². The molecule has 1 aromatic rings. The summed E-state index contributed by atoms with van der Waals surface area (Å²) in [4.78, 5) is 0. The second-order valence-electron chi connectivity index (χ2n) is 5.08. The lowest BCUT2D eigenvalue weighted by molar-refractivity contribution is -0.165. The molecule has 1 unspecified atom stereocenters. The van der Waals surface area contributed by atoms with Crippen molar-refractivity contribution in [1.29, 1.82) is 0 Å². The topological polar surface area (TPSA) is 38.7 Å². The van der Waals surface area contributed by atoms with E-state index in [1.807, 2.05) is 6.92 Å². The third-order valence-corrected chi connectivity index (χ3v) is 3.79. The number of benzene rings is 1. The van der Waals surface area contributed by atoms with Crippen LogP contribution in [0.25, 0.3) is 0 Å². The molecule has 0 bridgehead atoms. The van der Waals surface area contributed by atoms with Crippen molar-refractivity contribution in [3.63, 3.8) is 0 Å². The molecule has 1 fully saturated rings. The van der Waals surface area contributed by atoms with Crippen molar-refractivity contribution in [2.45, 2.75) is 37.9 Å². The fourth-order valence-electron chi connectivity index (χ4n) is 2.65. The average molecular weight is 286 g/mol. The van der Waals surface area contributed by atoms with E-state index in [0.29, 0.717) is 38.2 Å². The molecule has 0 aromatic heterocycles. The van der Waals surface area contributed by atoms with E-state index >= 15 is 0 Å². The van der Waals surface area contributed by atoms with Crippen LogP contribution in [0.15, 0.2) is 18.2 Å². The molecule has 5 heteroatoms. The molecular formula is C15H20F2O3. The maximum atomic E-state index is 13.2. The molecule has 0 radical (unpaired) electrons. The summed E-state index contributed by atoms with van der Waals surface area (Å²) in [7, 11) is 0. The molecule has 20 heavy (non-hydrogen) atoms. The molecule has 0 spiro atoms. The Labute approximate surface area is 117 Å². The highest BCUT2D eigenvalue weighted by molar-refractivity contribution is 5.19. The number of hydrogen-bond donors (Lipinski definition) is 1. The monoisotopic (exact) mass is 286 g/mol. The summed E-state index contributed by atoms with van der Waals surface area (Å²) in [5.74, 6) is -1.78. The number of rotatable bonds is 5. The molecule has 3 nitrogen and oxygen atoms in total. The molecule has 1 N–H and O–H groups in total. The number of hydrogen-bond acceptors (Lipinski definition) is 3. The van der Waals surface area contributed by atoms with Gasteiger partial charge in [-0.1, -0.05) is 6.07 Å². The zero-order valence-corrected chi connectivity index (χ0v) is 11.6. The number of aliphatic hydroxyl groups excluding tert-OH is 1. The molecule has 1 saturated heterocycles. The van der Waals surface area contributed by atoms with Crippen molar-refractivity contribution in [2.24, 2.45) is 0 Å². The Bertz CT molecular complexity index is 439. The summed E-state index contributed by atoms with van der Waals surface area (Å²) >= 11 is 0. The average Bonchev–Trinajstić information content (AvgIpc) is 2.44. The van der Waals surface area contributed by atoms with E-state index in [4.69, 9.17) is 9.47 Å². The molecule has 1 heterocycles. The van der Waals surface area contributed by atoms with Crippen LogP contribution in [0.5, 0.6) is 0 Å². The van der Waals surface area contributed by atoms with E-state index in [0.717, 1.165) is 12.1 Å². The first-order chi connectivity index (χ1) is 9.57. The van der Waals surface area contributed by atoms with Crippen molar-refractivity contribution in [3.05, 3.63) is 35.4 Å². The zero-order chi connectivity index (χ0) is 14.6. The Hall–Kier alpha value is -1.04. The normalized spacial score (nSPS) is 19.8. The van der Waals surface area contributed by atoms with Gasteiger partial charge in [0, 0.05) is 39.1 Å². The molecule has 1 atom stereocenters. The summed E-state index contributed by atoms with van der Waals surface area (Å²) in [5, 5.41) is 10.5. The first-order valence-corrected chi connectivity index (χ1v) is 6.91. The van der Waals surface area contributed by atoms with E-state index < -0.39 is 23.3 Å². The third-order valence-electron chi connectivity index (χ3n) is 3.79. The van der Waals surface area contributed by atoms with Crippen LogP contribution in [0.2, 0.25) is 0 Å². The minimum Gasteiger partial charge on any atom is -0.390 e. The van der Waals surface area contributed by atoms with Gasteiger partial charge >= 0.3 is 0 Å². The summed E-state index contributed by atoms with van der Waals surface area (Å²) in [5.41, 5.74) is -0.0975. The highest BCUT2D eigenvalue weighted by Crippen LogP contribution is 2.31. The van der Waals surface area contributed by atoms with Crippen molar-refractivity contribution >= 4 is 0 Å². The Morgan fingerprint density at radius 3 is 2.60 bits per heavy atom. The van der Waals surface area contributed by atoms with Crippen LogP contribution >= 0.6 is 0 Å². The lowest BCUT2D eigenvalue weighted by Crippen LogP contribution is -2.50. The summed E-state index contributed by atoms with van der Waals surface area (Å²) < 4.78 is 37.2. The lowest BCUT2D eigenvalue weighted by atomic mass is 9.84. The number of aliphatic hydroxyl groups is 1. The molecule has 1 aromatic carbocycles. The van der Waals surface area contributed by atoms with E-state index in [1.165, 1.54) is 6.07 Å². The van der Waals surface area contributed by atoms with Gasteiger partial charge in [0.1, 0.15) is 0 Å². The van der Waals surface area contributed by atoms with Gasteiger partial charge in [-0.25, -0.2) is 8.78 Å². The Morgan fingerprint density at radius 2 is 2.00 bits per heavy atom. The first-order valence-electron chi connectivity index (χ1n) is 6.91. The van der Waals surface area contributed by atoms with Crippen LogP contribution in [0.4, 0.5) is 8.78 Å². The maximum absolute atomic E-state index is 13.2. The van der Waals surface area contributed by atoms with Crippen molar-refractivity contribution < 1.29 is 23.4 Å². The molecule has 112 valence electrons. The van der Waals surface area contributed by atoms with Crippen LogP contribution < -0.4 is 0 Å². The van der Waals surface area contributed by atoms with Crippen molar-refractivity contribution in [1.82, 2.24) is 0 Å². The van der Waals surface area contributed by atoms with E-state index in [9.17, 15) is 13.9 Å². The Balaban J connectivity index is 2.11. The van der Waals surface area contributed by atoms with Gasteiger partial charge in [-0.3, -0.25) is 0 Å². The Kier molecular flexibility index (Phi) is 5.07. The Morgan fingerprint density at radius 1 is 1.30 bits per heavy atom. The van der Waals surface area contributed by atoms with Gasteiger partial charge in [0.05, 0.1) is 11.7 Å². The van der Waals surface area contributed by atoms with E-state index in [1.54, 1.807) is 0 Å². The molecule has 2 rings (SSSR count). The summed E-state index contributed by atoms with van der Waals surface area (Å²) in [6.07, 6.45) is 0.672. The molecular weight excluding hydrogens is 266 g/mol. The third kappa shape index (κ3) is 3.34. The SMILES string of the molecule is CCOC1(C(O)Cc2ccc(F)c(F)c2)CCOCC1. The van der Waals surface area contributed by atoms with Crippen LogP contribution in [0, 0.1) is 11.6 Å². The van der Waals surface area contributed by atoms with Gasteiger partial charge in [-0.2, -0.15) is 0 Å².